The maximum absolute atomic E-state index is 12.6. The van der Waals surface area contributed by atoms with Crippen molar-refractivity contribution in [1.29, 1.82) is 0 Å². The summed E-state index contributed by atoms with van der Waals surface area (Å²) in [4.78, 5) is 26.4. The number of fused-ring (bicyclic) bond motifs is 1. The molecule has 1 aliphatic rings. The number of nitrogens with zero attached hydrogens (tertiary/aromatic N) is 2. The minimum absolute atomic E-state index is 0.129. The van der Waals surface area contributed by atoms with E-state index in [-0.39, 0.29) is 23.8 Å². The number of para-hydroxylation sites is 1. The SMILES string of the molecule is C=CCN1C(=O)S/C(=C\c2cn(CCOc3ccc(OC(C)C)cc3)c3ccccc23)C1=O. The number of imide groups is 1. The fourth-order valence-electron chi connectivity index (χ4n) is 3.65. The molecule has 0 aliphatic carbocycles. The maximum Gasteiger partial charge on any atom is 0.293 e. The van der Waals surface area contributed by atoms with Crippen LogP contribution in [0.15, 0.2) is 72.3 Å². The van der Waals surface area contributed by atoms with Crippen LogP contribution >= 0.6 is 11.8 Å². The first-order chi connectivity index (χ1) is 16.0. The minimum Gasteiger partial charge on any atom is -0.492 e. The monoisotopic (exact) mass is 462 g/mol. The largest absolute Gasteiger partial charge is 0.492 e. The molecule has 1 saturated heterocycles. The van der Waals surface area contributed by atoms with Crippen LogP contribution in [0.5, 0.6) is 11.5 Å². The van der Waals surface area contributed by atoms with Crippen LogP contribution in [0.4, 0.5) is 4.79 Å². The van der Waals surface area contributed by atoms with Gasteiger partial charge in [-0.1, -0.05) is 24.3 Å². The number of aromatic nitrogens is 1. The van der Waals surface area contributed by atoms with Gasteiger partial charge in [0.25, 0.3) is 11.1 Å². The molecule has 1 fully saturated rings. The lowest BCUT2D eigenvalue weighted by Gasteiger charge is -2.11. The van der Waals surface area contributed by atoms with Gasteiger partial charge in [0.15, 0.2) is 0 Å². The van der Waals surface area contributed by atoms with Crippen molar-refractivity contribution in [2.45, 2.75) is 26.5 Å². The Bertz CT molecular complexity index is 1210. The zero-order chi connectivity index (χ0) is 23.4. The van der Waals surface area contributed by atoms with Crippen LogP contribution in [0.1, 0.15) is 19.4 Å². The molecular formula is C26H26N2O4S. The van der Waals surface area contributed by atoms with E-state index in [0.717, 1.165) is 39.7 Å². The van der Waals surface area contributed by atoms with E-state index in [1.807, 2.05) is 68.6 Å². The lowest BCUT2D eigenvalue weighted by molar-refractivity contribution is -0.122. The zero-order valence-corrected chi connectivity index (χ0v) is 19.5. The molecule has 2 heterocycles. The molecule has 4 rings (SSSR count). The van der Waals surface area contributed by atoms with Gasteiger partial charge in [0, 0.05) is 29.2 Å². The van der Waals surface area contributed by atoms with Crippen molar-refractivity contribution in [2.24, 2.45) is 0 Å². The van der Waals surface area contributed by atoms with Gasteiger partial charge in [-0.3, -0.25) is 14.5 Å². The number of thioether (sulfide) groups is 1. The van der Waals surface area contributed by atoms with Crippen LogP contribution in [0.25, 0.3) is 17.0 Å². The van der Waals surface area contributed by atoms with Crippen molar-refractivity contribution in [3.63, 3.8) is 0 Å². The number of hydrogen-bond donors (Lipinski definition) is 0. The lowest BCUT2D eigenvalue weighted by atomic mass is 10.1. The number of benzene rings is 2. The summed E-state index contributed by atoms with van der Waals surface area (Å²) in [6, 6.07) is 15.6. The molecule has 1 aromatic heterocycles. The molecule has 6 nitrogen and oxygen atoms in total. The van der Waals surface area contributed by atoms with Crippen molar-refractivity contribution in [3.05, 3.63) is 77.9 Å². The highest BCUT2D eigenvalue weighted by Gasteiger charge is 2.34. The maximum atomic E-state index is 12.6. The molecule has 0 bridgehead atoms. The molecule has 0 unspecified atom stereocenters. The van der Waals surface area contributed by atoms with Gasteiger partial charge < -0.3 is 14.0 Å². The van der Waals surface area contributed by atoms with Gasteiger partial charge in [0.1, 0.15) is 18.1 Å². The third-order valence-corrected chi connectivity index (χ3v) is 6.00. The lowest BCUT2D eigenvalue weighted by Crippen LogP contribution is -2.27. The summed E-state index contributed by atoms with van der Waals surface area (Å²) in [5.41, 5.74) is 1.93. The second kappa shape index (κ2) is 10.0. The first kappa shape index (κ1) is 22.7. The number of hydrogen-bond acceptors (Lipinski definition) is 5. The summed E-state index contributed by atoms with van der Waals surface area (Å²) in [5.74, 6) is 1.31. The Balaban J connectivity index is 1.49. The van der Waals surface area contributed by atoms with E-state index in [2.05, 4.69) is 11.1 Å². The first-order valence-electron chi connectivity index (χ1n) is 10.8. The number of carbonyl (C=O) groups excluding carboxylic acids is 2. The van der Waals surface area contributed by atoms with Gasteiger partial charge in [-0.05, 0) is 62.0 Å². The molecule has 33 heavy (non-hydrogen) atoms. The van der Waals surface area contributed by atoms with Crippen molar-refractivity contribution < 1.29 is 19.1 Å². The second-order valence-corrected chi connectivity index (χ2v) is 8.86. The Hall–Kier alpha value is -3.45. The highest BCUT2D eigenvalue weighted by Crippen LogP contribution is 2.34. The normalized spacial score (nSPS) is 15.1. The molecule has 2 amide bonds. The van der Waals surface area contributed by atoms with E-state index in [1.54, 1.807) is 12.2 Å². The topological polar surface area (TPSA) is 60.8 Å². The first-order valence-corrected chi connectivity index (χ1v) is 11.6. The second-order valence-electron chi connectivity index (χ2n) is 7.86. The Morgan fingerprint density at radius 1 is 1.06 bits per heavy atom. The summed E-state index contributed by atoms with van der Waals surface area (Å²) in [7, 11) is 0. The van der Waals surface area contributed by atoms with Gasteiger partial charge in [-0.15, -0.1) is 6.58 Å². The number of rotatable bonds is 9. The highest BCUT2D eigenvalue weighted by molar-refractivity contribution is 8.18. The third kappa shape index (κ3) is 5.14. The number of carbonyl (C=O) groups is 2. The Labute approximate surface area is 197 Å². The fraction of sp³-hybridized carbons (Fsp3) is 0.231. The van der Waals surface area contributed by atoms with Gasteiger partial charge in [0.2, 0.25) is 0 Å². The predicted octanol–water partition coefficient (Wildman–Crippen LogP) is 5.73. The molecule has 0 saturated carbocycles. The van der Waals surface area contributed by atoms with E-state index in [1.165, 1.54) is 4.90 Å². The highest BCUT2D eigenvalue weighted by atomic mass is 32.2. The molecule has 7 heteroatoms. The fourth-order valence-corrected chi connectivity index (χ4v) is 4.49. The Morgan fingerprint density at radius 2 is 1.79 bits per heavy atom. The van der Waals surface area contributed by atoms with Crippen LogP contribution in [0, 0.1) is 0 Å². The molecule has 2 aromatic carbocycles. The molecule has 0 radical (unpaired) electrons. The van der Waals surface area contributed by atoms with Gasteiger partial charge >= 0.3 is 0 Å². The summed E-state index contributed by atoms with van der Waals surface area (Å²) >= 11 is 0.961. The summed E-state index contributed by atoms with van der Waals surface area (Å²) < 4.78 is 13.7. The summed E-state index contributed by atoms with van der Waals surface area (Å²) in [6.07, 6.45) is 5.47. The van der Waals surface area contributed by atoms with Crippen molar-refractivity contribution in [1.82, 2.24) is 9.47 Å². The average molecular weight is 463 g/mol. The van der Waals surface area contributed by atoms with Crippen molar-refractivity contribution in [2.75, 3.05) is 13.2 Å². The summed E-state index contributed by atoms with van der Waals surface area (Å²) in [6.45, 7) is 8.93. The molecule has 3 aromatic rings. The standard InChI is InChI=1S/C26H26N2O4S/c1-4-13-28-25(29)24(33-26(28)30)16-19-17-27(23-8-6-5-7-22(19)23)14-15-31-20-9-11-21(12-10-20)32-18(2)3/h4-12,16-18H,1,13-15H2,2-3H3/b24-16-. The van der Waals surface area contributed by atoms with Crippen LogP contribution in [0.2, 0.25) is 0 Å². The minimum atomic E-state index is -0.282. The van der Waals surface area contributed by atoms with Gasteiger partial charge in [-0.25, -0.2) is 0 Å². The molecule has 0 spiro atoms. The number of amides is 2. The smallest absolute Gasteiger partial charge is 0.293 e. The van der Waals surface area contributed by atoms with E-state index in [0.29, 0.717) is 18.1 Å². The molecule has 1 aliphatic heterocycles. The molecule has 0 atom stereocenters. The Kier molecular flexibility index (Phi) is 6.89. The van der Waals surface area contributed by atoms with E-state index < -0.39 is 0 Å². The van der Waals surface area contributed by atoms with E-state index in [9.17, 15) is 9.59 Å². The molecule has 170 valence electrons. The number of ether oxygens (including phenoxy) is 2. The molecular weight excluding hydrogens is 436 g/mol. The van der Waals surface area contributed by atoms with Gasteiger partial charge in [-0.2, -0.15) is 0 Å². The molecule has 0 N–H and O–H groups in total. The Morgan fingerprint density at radius 3 is 2.52 bits per heavy atom. The zero-order valence-electron chi connectivity index (χ0n) is 18.7. The summed E-state index contributed by atoms with van der Waals surface area (Å²) in [5, 5.41) is 0.747. The van der Waals surface area contributed by atoms with Crippen molar-refractivity contribution >= 4 is 39.9 Å². The van der Waals surface area contributed by atoms with Crippen LogP contribution in [-0.4, -0.2) is 39.9 Å². The van der Waals surface area contributed by atoms with Crippen LogP contribution in [-0.2, 0) is 11.3 Å². The van der Waals surface area contributed by atoms with E-state index >= 15 is 0 Å². The van der Waals surface area contributed by atoms with E-state index in [4.69, 9.17) is 9.47 Å². The average Bonchev–Trinajstić information content (AvgIpc) is 3.27. The van der Waals surface area contributed by atoms with Crippen LogP contribution < -0.4 is 9.47 Å². The quantitative estimate of drug-likeness (QED) is 0.300. The predicted molar refractivity (Wildman–Crippen MR) is 133 cm³/mol. The van der Waals surface area contributed by atoms with Crippen molar-refractivity contribution in [3.8, 4) is 11.5 Å². The van der Waals surface area contributed by atoms with Crippen LogP contribution in [0.3, 0.4) is 0 Å². The third-order valence-electron chi connectivity index (χ3n) is 5.09. The van der Waals surface area contributed by atoms with Gasteiger partial charge in [0.05, 0.1) is 17.6 Å².